The molecule has 0 aliphatic carbocycles. The van der Waals surface area contributed by atoms with Crippen molar-refractivity contribution in [2.45, 2.75) is 37.6 Å². The van der Waals surface area contributed by atoms with Gasteiger partial charge in [-0.05, 0) is 56.5 Å². The summed E-state index contributed by atoms with van der Waals surface area (Å²) >= 11 is 0. The summed E-state index contributed by atoms with van der Waals surface area (Å²) in [5.74, 6) is -1.14. The summed E-state index contributed by atoms with van der Waals surface area (Å²) in [6.45, 7) is 3.47. The van der Waals surface area contributed by atoms with Crippen molar-refractivity contribution < 1.29 is 22.7 Å². The Morgan fingerprint density at radius 2 is 1.91 bits per heavy atom. The van der Waals surface area contributed by atoms with E-state index in [0.29, 0.717) is 49.2 Å². The summed E-state index contributed by atoms with van der Waals surface area (Å²) in [7, 11) is -3.87. The Kier molecular flexibility index (Phi) is 10.4. The first-order chi connectivity index (χ1) is 22.3. The van der Waals surface area contributed by atoms with Crippen LogP contribution in [0.15, 0.2) is 90.0 Å². The number of rotatable bonds is 12. The van der Waals surface area contributed by atoms with E-state index in [9.17, 15) is 23.3 Å². The van der Waals surface area contributed by atoms with Crippen LogP contribution < -0.4 is 5.32 Å². The van der Waals surface area contributed by atoms with Crippen LogP contribution in [0.4, 0.5) is 0 Å². The van der Waals surface area contributed by atoms with E-state index in [2.05, 4.69) is 10.3 Å². The summed E-state index contributed by atoms with van der Waals surface area (Å²) in [6.07, 6.45) is 9.81. The van der Waals surface area contributed by atoms with Crippen LogP contribution in [-0.2, 0) is 30.9 Å². The molecular formula is C33H35N7O5S. The summed E-state index contributed by atoms with van der Waals surface area (Å²) in [4.78, 5) is 29.2. The number of carbonyl (C=O) groups excluding carboxylic acids is 2. The van der Waals surface area contributed by atoms with Crippen molar-refractivity contribution >= 4 is 28.0 Å². The zero-order valence-electron chi connectivity index (χ0n) is 25.4. The van der Waals surface area contributed by atoms with Gasteiger partial charge in [0.15, 0.2) is 0 Å². The monoisotopic (exact) mass is 641 g/mol. The Morgan fingerprint density at radius 3 is 2.61 bits per heavy atom. The molecule has 238 valence electrons. The van der Waals surface area contributed by atoms with E-state index in [1.807, 2.05) is 47.2 Å². The number of amides is 1. The fraction of sp³-hybridized carbons (Fsp3) is 0.303. The molecule has 4 aromatic rings. The lowest BCUT2D eigenvalue weighted by Crippen LogP contribution is -2.40. The van der Waals surface area contributed by atoms with E-state index in [0.717, 1.165) is 5.69 Å². The van der Waals surface area contributed by atoms with Gasteiger partial charge in [0, 0.05) is 55.9 Å². The van der Waals surface area contributed by atoms with Gasteiger partial charge in [0.25, 0.3) is 5.91 Å². The Morgan fingerprint density at radius 1 is 1.13 bits per heavy atom. The molecule has 0 unspecified atom stereocenters. The molecule has 1 aliphatic rings. The number of ether oxygens (including phenoxy) is 1. The zero-order valence-corrected chi connectivity index (χ0v) is 26.3. The molecule has 2 aromatic carbocycles. The van der Waals surface area contributed by atoms with E-state index < -0.39 is 15.9 Å². The lowest BCUT2D eigenvalue weighted by atomic mass is 9.98. The number of nitriles is 1. The lowest BCUT2D eigenvalue weighted by Gasteiger charge is -2.30. The van der Waals surface area contributed by atoms with Crippen molar-refractivity contribution in [1.29, 1.82) is 5.26 Å². The molecule has 0 bridgehead atoms. The topological polar surface area (TPSA) is 152 Å². The Balaban J connectivity index is 1.40. The number of imidazole rings is 1. The zero-order chi connectivity index (χ0) is 32.5. The van der Waals surface area contributed by atoms with Gasteiger partial charge in [-0.3, -0.25) is 9.59 Å². The molecule has 12 nitrogen and oxygen atoms in total. The number of hydrogen-bond donors (Lipinski definition) is 1. The Bertz CT molecular complexity index is 1840. The highest BCUT2D eigenvalue weighted by Crippen LogP contribution is 2.30. The van der Waals surface area contributed by atoms with Crippen LogP contribution in [0.25, 0.3) is 23.0 Å². The molecule has 3 heterocycles. The normalized spacial score (nSPS) is 14.5. The van der Waals surface area contributed by atoms with Crippen molar-refractivity contribution in [3.63, 3.8) is 0 Å². The van der Waals surface area contributed by atoms with E-state index >= 15 is 0 Å². The molecule has 1 aliphatic heterocycles. The first-order valence-electron chi connectivity index (χ1n) is 15.1. The minimum Gasteiger partial charge on any atom is -0.466 e. The number of benzene rings is 2. The van der Waals surface area contributed by atoms with Gasteiger partial charge >= 0.3 is 5.97 Å². The number of hydrogen-bond acceptors (Lipinski definition) is 8. The Hall–Kier alpha value is -5.06. The van der Waals surface area contributed by atoms with E-state index in [4.69, 9.17) is 9.84 Å². The molecule has 0 atom stereocenters. The first kappa shape index (κ1) is 32.3. The summed E-state index contributed by atoms with van der Waals surface area (Å²) in [5, 5.41) is 17.4. The first-order valence-corrected chi connectivity index (χ1v) is 16.5. The third-order valence-corrected chi connectivity index (χ3v) is 9.58. The molecule has 1 saturated heterocycles. The average molecular weight is 642 g/mol. The second-order valence-corrected chi connectivity index (χ2v) is 12.7. The standard InChI is InChI=1S/C33H35N7O5S/c1-2-45-33(42)25-12-17-39(18-13-25)46(43,44)30-11-6-8-26(21-30)31-28(23-40(37-31)29-9-4-3-5-10-29)20-27(22-34)32(41)36-14-7-16-38-19-15-35-24-38/h3-6,8-11,15,19-21,23-25H,2,7,12-14,16-18H2,1H3,(H,36,41). The third kappa shape index (κ3) is 7.59. The SMILES string of the molecule is CCOC(=O)C1CCN(S(=O)(=O)c2cccc(-c3nn(-c4ccccc4)cc3C=C(C#N)C(=O)NCCCn3ccnc3)c2)CC1. The number of carbonyl (C=O) groups is 2. The highest BCUT2D eigenvalue weighted by atomic mass is 32.2. The second-order valence-electron chi connectivity index (χ2n) is 10.8. The average Bonchev–Trinajstić information content (AvgIpc) is 3.76. The smallest absolute Gasteiger partial charge is 0.309 e. The van der Waals surface area contributed by atoms with Crippen LogP contribution in [0.2, 0.25) is 0 Å². The van der Waals surface area contributed by atoms with E-state index in [-0.39, 0.29) is 42.1 Å². The fourth-order valence-corrected chi connectivity index (χ4v) is 6.77. The maximum Gasteiger partial charge on any atom is 0.309 e. The van der Waals surface area contributed by atoms with Gasteiger partial charge < -0.3 is 14.6 Å². The largest absolute Gasteiger partial charge is 0.466 e. The predicted molar refractivity (Wildman–Crippen MR) is 171 cm³/mol. The van der Waals surface area contributed by atoms with E-state index in [1.54, 1.807) is 48.5 Å². The predicted octanol–water partition coefficient (Wildman–Crippen LogP) is 3.81. The molecule has 0 radical (unpaired) electrons. The van der Waals surface area contributed by atoms with Crippen LogP contribution in [0, 0.1) is 17.2 Å². The Labute approximate surface area is 268 Å². The second kappa shape index (κ2) is 14.8. The molecular weight excluding hydrogens is 606 g/mol. The molecule has 1 amide bonds. The summed E-state index contributed by atoms with van der Waals surface area (Å²) < 4.78 is 37.4. The number of sulfonamides is 1. The number of nitrogens with zero attached hydrogens (tertiary/aromatic N) is 6. The van der Waals surface area contributed by atoms with Crippen molar-refractivity contribution in [3.8, 4) is 23.0 Å². The van der Waals surface area contributed by atoms with Gasteiger partial charge in [0.1, 0.15) is 17.3 Å². The van der Waals surface area contributed by atoms with Gasteiger partial charge in [-0.25, -0.2) is 18.1 Å². The van der Waals surface area contributed by atoms with Crippen molar-refractivity contribution in [1.82, 2.24) is 29.0 Å². The molecule has 5 rings (SSSR count). The highest BCUT2D eigenvalue weighted by molar-refractivity contribution is 7.89. The molecule has 1 fully saturated rings. The van der Waals surface area contributed by atoms with Crippen molar-refractivity contribution in [3.05, 3.63) is 90.7 Å². The number of aromatic nitrogens is 4. The van der Waals surface area contributed by atoms with Gasteiger partial charge in [-0.1, -0.05) is 30.3 Å². The van der Waals surface area contributed by atoms with Crippen molar-refractivity contribution in [2.24, 2.45) is 5.92 Å². The number of piperidine rings is 1. The molecule has 46 heavy (non-hydrogen) atoms. The number of nitrogens with one attached hydrogen (secondary N) is 1. The summed E-state index contributed by atoms with van der Waals surface area (Å²) in [5.41, 5.74) is 2.02. The quantitative estimate of drug-likeness (QED) is 0.106. The van der Waals surface area contributed by atoms with Crippen LogP contribution in [0.5, 0.6) is 0 Å². The minimum atomic E-state index is -3.87. The van der Waals surface area contributed by atoms with Gasteiger partial charge in [-0.15, -0.1) is 0 Å². The van der Waals surface area contributed by atoms with E-state index in [1.165, 1.54) is 16.4 Å². The molecule has 0 spiro atoms. The van der Waals surface area contributed by atoms with Gasteiger partial charge in [-0.2, -0.15) is 14.7 Å². The molecule has 1 N–H and O–H groups in total. The van der Waals surface area contributed by atoms with Crippen LogP contribution >= 0.6 is 0 Å². The van der Waals surface area contributed by atoms with Crippen LogP contribution in [0.3, 0.4) is 0 Å². The minimum absolute atomic E-state index is 0.0833. The van der Waals surface area contributed by atoms with Crippen LogP contribution in [-0.4, -0.2) is 70.2 Å². The number of para-hydroxylation sites is 1. The highest BCUT2D eigenvalue weighted by Gasteiger charge is 2.33. The van der Waals surface area contributed by atoms with Gasteiger partial charge in [0.2, 0.25) is 10.0 Å². The number of esters is 1. The van der Waals surface area contributed by atoms with Crippen LogP contribution in [0.1, 0.15) is 31.7 Å². The summed E-state index contributed by atoms with van der Waals surface area (Å²) in [6, 6.07) is 17.8. The maximum absolute atomic E-state index is 13.7. The third-order valence-electron chi connectivity index (χ3n) is 7.69. The lowest BCUT2D eigenvalue weighted by molar-refractivity contribution is -0.149. The number of aryl methyl sites for hydroxylation is 1. The molecule has 2 aromatic heterocycles. The molecule has 13 heteroatoms. The van der Waals surface area contributed by atoms with Gasteiger partial charge in [0.05, 0.1) is 29.4 Å². The fourth-order valence-electron chi connectivity index (χ4n) is 5.26. The maximum atomic E-state index is 13.7. The van der Waals surface area contributed by atoms with Crippen molar-refractivity contribution in [2.75, 3.05) is 26.2 Å². The molecule has 0 saturated carbocycles.